The highest BCUT2D eigenvalue weighted by atomic mass is 35.5. The molecule has 2 heterocycles. The molecule has 3 rings (SSSR count). The Labute approximate surface area is 182 Å². The first-order valence-electron chi connectivity index (χ1n) is 9.91. The van der Waals surface area contributed by atoms with Crippen LogP contribution in [0.5, 0.6) is 5.75 Å². The molecule has 3 aromatic rings. The summed E-state index contributed by atoms with van der Waals surface area (Å²) in [7, 11) is 1.72. The lowest BCUT2D eigenvalue weighted by Gasteiger charge is -2.19. The topological polar surface area (TPSA) is 65.2 Å². The zero-order valence-corrected chi connectivity index (χ0v) is 18.8. The number of carbonyl (C=O) groups excluding carboxylic acids is 1. The van der Waals surface area contributed by atoms with Crippen molar-refractivity contribution in [3.8, 4) is 5.75 Å². The predicted octanol–water partition coefficient (Wildman–Crippen LogP) is 4.36. The lowest BCUT2D eigenvalue weighted by molar-refractivity contribution is 0.0773. The van der Waals surface area contributed by atoms with Crippen LogP contribution in [0.4, 0.5) is 0 Å². The van der Waals surface area contributed by atoms with Gasteiger partial charge in [-0.05, 0) is 36.1 Å². The Morgan fingerprint density at radius 3 is 2.53 bits per heavy atom. The molecule has 2 aromatic heterocycles. The van der Waals surface area contributed by atoms with Crippen LogP contribution in [0, 0.1) is 0 Å². The first-order chi connectivity index (χ1) is 14.2. The highest BCUT2D eigenvalue weighted by Crippen LogP contribution is 2.24. The van der Waals surface area contributed by atoms with Crippen molar-refractivity contribution in [3.63, 3.8) is 0 Å². The molecule has 1 aromatic carbocycles. The summed E-state index contributed by atoms with van der Waals surface area (Å²) < 4.78 is 9.17. The number of ether oxygens (including phenoxy) is 1. The van der Waals surface area contributed by atoms with E-state index in [9.17, 15) is 4.79 Å². The SMILES string of the molecule is CCn1ncc(Cl)c1CN(C)C(=O)c1ccn(COc2ccc(C(C)(C)C)cc2)n1. The fourth-order valence-electron chi connectivity index (χ4n) is 3.05. The van der Waals surface area contributed by atoms with E-state index < -0.39 is 0 Å². The number of nitrogens with zero attached hydrogens (tertiary/aromatic N) is 5. The summed E-state index contributed by atoms with van der Waals surface area (Å²) in [4.78, 5) is 14.3. The van der Waals surface area contributed by atoms with E-state index in [0.29, 0.717) is 23.8 Å². The molecular formula is C22H28ClN5O2. The summed E-state index contributed by atoms with van der Waals surface area (Å²) in [5.74, 6) is 0.564. The van der Waals surface area contributed by atoms with Gasteiger partial charge in [-0.25, -0.2) is 4.68 Å². The molecule has 0 aliphatic carbocycles. The number of halogens is 1. The number of rotatable bonds is 7. The number of benzene rings is 1. The van der Waals surface area contributed by atoms with Crippen molar-refractivity contribution in [3.05, 3.63) is 64.7 Å². The van der Waals surface area contributed by atoms with Crippen molar-refractivity contribution in [2.45, 2.75) is 52.9 Å². The minimum absolute atomic E-state index is 0.0981. The van der Waals surface area contributed by atoms with Gasteiger partial charge in [0.25, 0.3) is 5.91 Å². The molecule has 0 aliphatic heterocycles. The molecule has 0 aliphatic rings. The Morgan fingerprint density at radius 2 is 1.90 bits per heavy atom. The maximum atomic E-state index is 12.7. The van der Waals surface area contributed by atoms with E-state index in [1.165, 1.54) is 5.56 Å². The quantitative estimate of drug-likeness (QED) is 0.559. The van der Waals surface area contributed by atoms with Crippen molar-refractivity contribution in [2.75, 3.05) is 7.05 Å². The average Bonchev–Trinajstić information content (AvgIpc) is 3.32. The Bertz CT molecular complexity index is 1000. The molecule has 0 bridgehead atoms. The largest absolute Gasteiger partial charge is 0.471 e. The van der Waals surface area contributed by atoms with Gasteiger partial charge in [0, 0.05) is 19.8 Å². The monoisotopic (exact) mass is 429 g/mol. The van der Waals surface area contributed by atoms with Crippen LogP contribution >= 0.6 is 11.6 Å². The number of hydrogen-bond acceptors (Lipinski definition) is 4. The molecule has 160 valence electrons. The summed E-state index contributed by atoms with van der Waals surface area (Å²) in [5, 5.41) is 9.10. The van der Waals surface area contributed by atoms with E-state index >= 15 is 0 Å². The van der Waals surface area contributed by atoms with Crippen LogP contribution in [0.2, 0.25) is 5.02 Å². The Kier molecular flexibility index (Phi) is 6.51. The van der Waals surface area contributed by atoms with Crippen molar-refractivity contribution >= 4 is 17.5 Å². The summed E-state index contributed by atoms with van der Waals surface area (Å²) in [6.07, 6.45) is 3.33. The minimum atomic E-state index is -0.191. The number of hydrogen-bond donors (Lipinski definition) is 0. The fourth-order valence-corrected chi connectivity index (χ4v) is 3.25. The molecular weight excluding hydrogens is 402 g/mol. The van der Waals surface area contributed by atoms with Gasteiger partial charge in [0.1, 0.15) is 5.75 Å². The summed E-state index contributed by atoms with van der Waals surface area (Å²) in [5.41, 5.74) is 2.50. The highest BCUT2D eigenvalue weighted by Gasteiger charge is 2.19. The first kappa shape index (κ1) is 21.9. The number of aryl methyl sites for hydroxylation is 1. The first-order valence-corrected chi connectivity index (χ1v) is 10.3. The smallest absolute Gasteiger partial charge is 0.274 e. The maximum absolute atomic E-state index is 12.7. The summed E-state index contributed by atoms with van der Waals surface area (Å²) >= 11 is 6.20. The van der Waals surface area contributed by atoms with Crippen LogP contribution in [0.25, 0.3) is 0 Å². The van der Waals surface area contributed by atoms with Gasteiger partial charge in [-0.1, -0.05) is 44.5 Å². The number of carbonyl (C=O) groups is 1. The van der Waals surface area contributed by atoms with E-state index in [0.717, 1.165) is 11.4 Å². The van der Waals surface area contributed by atoms with Crippen LogP contribution < -0.4 is 4.74 Å². The van der Waals surface area contributed by atoms with Gasteiger partial charge in [0.15, 0.2) is 12.4 Å². The number of aromatic nitrogens is 4. The highest BCUT2D eigenvalue weighted by molar-refractivity contribution is 6.31. The van der Waals surface area contributed by atoms with Crippen LogP contribution in [0.1, 0.15) is 49.4 Å². The fraction of sp³-hybridized carbons (Fsp3) is 0.409. The third kappa shape index (κ3) is 5.02. The summed E-state index contributed by atoms with van der Waals surface area (Å²) in [6, 6.07) is 9.71. The van der Waals surface area contributed by atoms with E-state index in [1.54, 1.807) is 39.8 Å². The molecule has 0 saturated carbocycles. The standard InChI is InChI=1S/C22H28ClN5O2/c1-6-28-20(18(23)13-24-28)14-26(5)21(29)19-11-12-27(25-19)15-30-17-9-7-16(8-10-17)22(2,3)4/h7-13H,6,14-15H2,1-5H3. The summed E-state index contributed by atoms with van der Waals surface area (Å²) in [6.45, 7) is 9.76. The van der Waals surface area contributed by atoms with Crippen LogP contribution in [0.3, 0.4) is 0 Å². The molecule has 0 spiro atoms. The van der Waals surface area contributed by atoms with Gasteiger partial charge < -0.3 is 9.64 Å². The van der Waals surface area contributed by atoms with Crippen LogP contribution in [0.15, 0.2) is 42.7 Å². The lowest BCUT2D eigenvalue weighted by Crippen LogP contribution is -2.28. The molecule has 0 unspecified atom stereocenters. The van der Waals surface area contributed by atoms with Crippen LogP contribution in [-0.2, 0) is 25.2 Å². The van der Waals surface area contributed by atoms with Crippen LogP contribution in [-0.4, -0.2) is 37.4 Å². The van der Waals surface area contributed by atoms with Gasteiger partial charge in [-0.2, -0.15) is 10.2 Å². The van der Waals surface area contributed by atoms with E-state index in [-0.39, 0.29) is 18.1 Å². The Morgan fingerprint density at radius 1 is 1.20 bits per heavy atom. The minimum Gasteiger partial charge on any atom is -0.471 e. The second-order valence-corrected chi connectivity index (χ2v) is 8.61. The number of amides is 1. The molecule has 0 radical (unpaired) electrons. The van der Waals surface area contributed by atoms with Crippen molar-refractivity contribution < 1.29 is 9.53 Å². The van der Waals surface area contributed by atoms with Crippen molar-refractivity contribution in [2.24, 2.45) is 0 Å². The zero-order valence-electron chi connectivity index (χ0n) is 18.1. The van der Waals surface area contributed by atoms with Gasteiger partial charge >= 0.3 is 0 Å². The van der Waals surface area contributed by atoms with Crippen molar-refractivity contribution in [1.29, 1.82) is 0 Å². The third-order valence-corrected chi connectivity index (χ3v) is 5.19. The van der Waals surface area contributed by atoms with E-state index in [4.69, 9.17) is 16.3 Å². The zero-order chi connectivity index (χ0) is 21.9. The van der Waals surface area contributed by atoms with Gasteiger partial charge in [-0.15, -0.1) is 0 Å². The molecule has 7 nitrogen and oxygen atoms in total. The van der Waals surface area contributed by atoms with Gasteiger partial charge in [0.2, 0.25) is 0 Å². The average molecular weight is 430 g/mol. The molecule has 8 heteroatoms. The second kappa shape index (κ2) is 8.92. The normalized spacial score (nSPS) is 11.5. The molecule has 0 atom stereocenters. The van der Waals surface area contributed by atoms with E-state index in [2.05, 4.69) is 43.1 Å². The lowest BCUT2D eigenvalue weighted by atomic mass is 9.87. The molecule has 0 fully saturated rings. The van der Waals surface area contributed by atoms with Gasteiger partial charge in [0.05, 0.1) is 23.5 Å². The Balaban J connectivity index is 1.60. The predicted molar refractivity (Wildman–Crippen MR) is 117 cm³/mol. The maximum Gasteiger partial charge on any atom is 0.274 e. The second-order valence-electron chi connectivity index (χ2n) is 8.20. The van der Waals surface area contributed by atoms with E-state index in [1.807, 2.05) is 19.1 Å². The Hall–Kier alpha value is -2.80. The van der Waals surface area contributed by atoms with Crippen molar-refractivity contribution in [1.82, 2.24) is 24.5 Å². The molecule has 30 heavy (non-hydrogen) atoms. The molecule has 0 saturated heterocycles. The third-order valence-electron chi connectivity index (χ3n) is 4.87. The molecule has 0 N–H and O–H groups in total. The molecule has 1 amide bonds. The van der Waals surface area contributed by atoms with Gasteiger partial charge in [-0.3, -0.25) is 9.48 Å².